The average molecular weight is 212 g/mol. The van der Waals surface area contributed by atoms with Gasteiger partial charge in [-0.05, 0) is 32.8 Å². The van der Waals surface area contributed by atoms with E-state index in [4.69, 9.17) is 5.73 Å². The number of amides is 1. The van der Waals surface area contributed by atoms with Crippen molar-refractivity contribution in [2.24, 2.45) is 5.73 Å². The van der Waals surface area contributed by atoms with Crippen molar-refractivity contribution in [3.05, 3.63) is 12.2 Å². The normalized spacial score (nSPS) is 12.3. The molecule has 0 fully saturated rings. The predicted molar refractivity (Wildman–Crippen MR) is 60.3 cm³/mol. The van der Waals surface area contributed by atoms with Crippen LogP contribution in [0.25, 0.3) is 0 Å². The molecule has 4 heteroatoms. The number of nitrogens with one attached hydrogen (secondary N) is 1. The summed E-state index contributed by atoms with van der Waals surface area (Å²) in [5.41, 5.74) is 6.13. The van der Waals surface area contributed by atoms with Crippen molar-refractivity contribution in [3.63, 3.8) is 0 Å². The molecular weight excluding hydrogens is 192 g/mol. The summed E-state index contributed by atoms with van der Waals surface area (Å²) in [6.07, 6.45) is 0.645. The van der Waals surface area contributed by atoms with Crippen molar-refractivity contribution in [3.8, 4) is 0 Å². The van der Waals surface area contributed by atoms with Crippen molar-refractivity contribution in [2.75, 3.05) is 0 Å². The Balaban J connectivity index is 3.93. The largest absolute Gasteiger partial charge is 0.353 e. The number of nitrogens with two attached hydrogens (primary N) is 1. The van der Waals surface area contributed by atoms with E-state index in [0.29, 0.717) is 12.0 Å². The summed E-state index contributed by atoms with van der Waals surface area (Å²) in [6, 6.07) is -0.545. The van der Waals surface area contributed by atoms with E-state index in [9.17, 15) is 9.59 Å². The number of carbonyl (C=O) groups is 2. The van der Waals surface area contributed by atoms with E-state index in [2.05, 4.69) is 11.9 Å². The van der Waals surface area contributed by atoms with E-state index in [1.165, 1.54) is 0 Å². The fourth-order valence-corrected chi connectivity index (χ4v) is 1.02. The standard InChI is InChI=1S/C11H20N2O2/c1-7(2)10(14)6-5-9(12)11(15)13-8(3)4/h8-9H,1,5-6,12H2,2-4H3,(H,13,15). The monoisotopic (exact) mass is 212 g/mol. The second-order valence-electron chi connectivity index (χ2n) is 4.01. The first-order valence-corrected chi connectivity index (χ1v) is 5.09. The molecule has 1 amide bonds. The van der Waals surface area contributed by atoms with Gasteiger partial charge in [0.25, 0.3) is 0 Å². The first-order chi connectivity index (χ1) is 6.84. The molecule has 0 spiro atoms. The van der Waals surface area contributed by atoms with Crippen LogP contribution in [0.3, 0.4) is 0 Å². The maximum Gasteiger partial charge on any atom is 0.237 e. The van der Waals surface area contributed by atoms with Gasteiger partial charge in [-0.2, -0.15) is 0 Å². The van der Waals surface area contributed by atoms with Gasteiger partial charge in [-0.15, -0.1) is 0 Å². The number of carbonyl (C=O) groups excluding carboxylic acids is 2. The van der Waals surface area contributed by atoms with Gasteiger partial charge in [0.05, 0.1) is 6.04 Å². The van der Waals surface area contributed by atoms with E-state index in [-0.39, 0.29) is 24.2 Å². The SMILES string of the molecule is C=C(C)C(=O)CCC(N)C(=O)NC(C)C. The lowest BCUT2D eigenvalue weighted by atomic mass is 10.1. The fraction of sp³-hybridized carbons (Fsp3) is 0.636. The predicted octanol–water partition coefficient (Wildman–Crippen LogP) is 0.764. The van der Waals surface area contributed by atoms with E-state index >= 15 is 0 Å². The van der Waals surface area contributed by atoms with Crippen LogP contribution in [0.1, 0.15) is 33.6 Å². The summed E-state index contributed by atoms with van der Waals surface area (Å²) < 4.78 is 0. The second kappa shape index (κ2) is 6.35. The molecule has 0 heterocycles. The molecule has 0 saturated heterocycles. The van der Waals surface area contributed by atoms with E-state index < -0.39 is 6.04 Å². The quantitative estimate of drug-likeness (QED) is 0.639. The van der Waals surface area contributed by atoms with E-state index in [1.807, 2.05) is 13.8 Å². The van der Waals surface area contributed by atoms with Gasteiger partial charge in [0.2, 0.25) is 5.91 Å². The summed E-state index contributed by atoms with van der Waals surface area (Å²) in [5, 5.41) is 2.70. The van der Waals surface area contributed by atoms with Crippen molar-refractivity contribution < 1.29 is 9.59 Å². The Hall–Kier alpha value is -1.16. The molecule has 0 bridgehead atoms. The Morgan fingerprint density at radius 3 is 2.33 bits per heavy atom. The van der Waals surface area contributed by atoms with Crippen LogP contribution in [0, 0.1) is 0 Å². The molecule has 86 valence electrons. The van der Waals surface area contributed by atoms with Gasteiger partial charge >= 0.3 is 0 Å². The molecule has 0 radical (unpaired) electrons. The summed E-state index contributed by atoms with van der Waals surface area (Å²) in [4.78, 5) is 22.6. The molecule has 1 unspecified atom stereocenters. The molecule has 0 rings (SSSR count). The minimum Gasteiger partial charge on any atom is -0.353 e. The van der Waals surface area contributed by atoms with Gasteiger partial charge in [0, 0.05) is 12.5 Å². The maximum atomic E-state index is 11.4. The third-order valence-electron chi connectivity index (χ3n) is 1.93. The van der Waals surface area contributed by atoms with Gasteiger partial charge in [-0.1, -0.05) is 6.58 Å². The summed E-state index contributed by atoms with van der Waals surface area (Å²) in [6.45, 7) is 8.92. The molecular formula is C11H20N2O2. The molecule has 0 aromatic carbocycles. The lowest BCUT2D eigenvalue weighted by Gasteiger charge is -2.13. The van der Waals surface area contributed by atoms with Crippen molar-refractivity contribution >= 4 is 11.7 Å². The highest BCUT2D eigenvalue weighted by atomic mass is 16.2. The summed E-state index contributed by atoms with van der Waals surface area (Å²) >= 11 is 0. The number of allylic oxidation sites excluding steroid dienone is 1. The molecule has 3 N–H and O–H groups in total. The van der Waals surface area contributed by atoms with Gasteiger partial charge in [-0.3, -0.25) is 9.59 Å². The van der Waals surface area contributed by atoms with Crippen molar-refractivity contribution in [1.82, 2.24) is 5.32 Å². The second-order valence-corrected chi connectivity index (χ2v) is 4.01. The first-order valence-electron chi connectivity index (χ1n) is 5.09. The van der Waals surface area contributed by atoms with Gasteiger partial charge in [0.1, 0.15) is 0 Å². The third-order valence-corrected chi connectivity index (χ3v) is 1.93. The molecule has 0 aliphatic rings. The van der Waals surface area contributed by atoms with E-state index in [1.54, 1.807) is 6.92 Å². The van der Waals surface area contributed by atoms with Gasteiger partial charge in [0.15, 0.2) is 5.78 Å². The Morgan fingerprint density at radius 1 is 1.40 bits per heavy atom. The minimum absolute atomic E-state index is 0.0391. The summed E-state index contributed by atoms with van der Waals surface area (Å²) in [7, 11) is 0. The van der Waals surface area contributed by atoms with Gasteiger partial charge < -0.3 is 11.1 Å². The zero-order valence-electron chi connectivity index (χ0n) is 9.67. The topological polar surface area (TPSA) is 72.2 Å². The van der Waals surface area contributed by atoms with E-state index in [0.717, 1.165) is 0 Å². The fourth-order valence-electron chi connectivity index (χ4n) is 1.02. The molecule has 4 nitrogen and oxygen atoms in total. The summed E-state index contributed by atoms with van der Waals surface area (Å²) in [5.74, 6) is -0.248. The average Bonchev–Trinajstić information content (AvgIpc) is 2.12. The molecule has 15 heavy (non-hydrogen) atoms. The number of hydrogen-bond donors (Lipinski definition) is 2. The van der Waals surface area contributed by atoms with Crippen LogP contribution in [0.5, 0.6) is 0 Å². The number of hydrogen-bond acceptors (Lipinski definition) is 3. The van der Waals surface area contributed by atoms with Crippen LogP contribution in [0.4, 0.5) is 0 Å². The highest BCUT2D eigenvalue weighted by molar-refractivity contribution is 5.94. The molecule has 0 aliphatic carbocycles. The van der Waals surface area contributed by atoms with Crippen LogP contribution < -0.4 is 11.1 Å². The Morgan fingerprint density at radius 2 is 1.93 bits per heavy atom. The molecule has 1 atom stereocenters. The highest BCUT2D eigenvalue weighted by Gasteiger charge is 2.15. The van der Waals surface area contributed by atoms with Crippen LogP contribution >= 0.6 is 0 Å². The third kappa shape index (κ3) is 6.01. The maximum absolute atomic E-state index is 11.4. The molecule has 0 aromatic rings. The lowest BCUT2D eigenvalue weighted by Crippen LogP contribution is -2.43. The number of Topliss-reactive ketones (excluding diaryl/α,β-unsaturated/α-hetero) is 1. The van der Waals surface area contributed by atoms with Crippen LogP contribution in [0.2, 0.25) is 0 Å². The smallest absolute Gasteiger partial charge is 0.237 e. The lowest BCUT2D eigenvalue weighted by molar-refractivity contribution is -0.123. The van der Waals surface area contributed by atoms with Crippen molar-refractivity contribution in [1.29, 1.82) is 0 Å². The Kier molecular flexibility index (Phi) is 5.86. The molecule has 0 aliphatic heterocycles. The Bertz CT molecular complexity index is 259. The first kappa shape index (κ1) is 13.8. The minimum atomic E-state index is -0.615. The number of ketones is 1. The highest BCUT2D eigenvalue weighted by Crippen LogP contribution is 2.02. The Labute approximate surface area is 90.9 Å². The number of rotatable bonds is 6. The van der Waals surface area contributed by atoms with Crippen LogP contribution in [0.15, 0.2) is 12.2 Å². The van der Waals surface area contributed by atoms with Crippen LogP contribution in [-0.2, 0) is 9.59 Å². The molecule has 0 saturated carbocycles. The molecule has 0 aromatic heterocycles. The zero-order valence-corrected chi connectivity index (χ0v) is 9.67. The van der Waals surface area contributed by atoms with Gasteiger partial charge in [-0.25, -0.2) is 0 Å². The zero-order chi connectivity index (χ0) is 12.0. The van der Waals surface area contributed by atoms with Crippen molar-refractivity contribution in [2.45, 2.75) is 45.7 Å². The van der Waals surface area contributed by atoms with Crippen LogP contribution in [-0.4, -0.2) is 23.8 Å².